The number of carbonyl (C=O) groups is 2. The summed E-state index contributed by atoms with van der Waals surface area (Å²) < 4.78 is 38.7. The van der Waals surface area contributed by atoms with Gasteiger partial charge in [-0.05, 0) is 38.2 Å². The molecule has 0 saturated carbocycles. The van der Waals surface area contributed by atoms with Crippen LogP contribution in [0.2, 0.25) is 0 Å². The van der Waals surface area contributed by atoms with Crippen molar-refractivity contribution in [2.75, 3.05) is 6.54 Å². The molecule has 27 heavy (non-hydrogen) atoms. The van der Waals surface area contributed by atoms with E-state index in [4.69, 9.17) is 5.11 Å². The number of rotatable bonds is 6. The zero-order valence-corrected chi connectivity index (χ0v) is 15.2. The van der Waals surface area contributed by atoms with E-state index in [9.17, 15) is 22.8 Å². The van der Waals surface area contributed by atoms with Crippen molar-refractivity contribution in [2.45, 2.75) is 57.3 Å². The smallest absolute Gasteiger partial charge is 0.391 e. The number of likely N-dealkylation sites (tertiary alicyclic amines) is 1. The van der Waals surface area contributed by atoms with Crippen LogP contribution in [-0.2, 0) is 11.2 Å². The Bertz CT molecular complexity index is 637. The number of alkyl halides is 3. The van der Waals surface area contributed by atoms with Gasteiger partial charge >= 0.3 is 18.2 Å². The number of carbonyl (C=O) groups excluding carboxylic acids is 1. The number of carboxylic acids is 1. The third-order valence-corrected chi connectivity index (χ3v) is 4.96. The zero-order chi connectivity index (χ0) is 20.0. The average Bonchev–Trinajstić information content (AvgIpc) is 2.59. The van der Waals surface area contributed by atoms with Crippen molar-refractivity contribution in [3.05, 3.63) is 35.9 Å². The third kappa shape index (κ3) is 6.45. The van der Waals surface area contributed by atoms with E-state index >= 15 is 0 Å². The summed E-state index contributed by atoms with van der Waals surface area (Å²) in [5.74, 6) is -2.34. The van der Waals surface area contributed by atoms with Crippen molar-refractivity contribution in [1.82, 2.24) is 10.2 Å². The van der Waals surface area contributed by atoms with Gasteiger partial charge in [0.15, 0.2) is 0 Å². The predicted molar refractivity (Wildman–Crippen MR) is 94.3 cm³/mol. The number of nitrogens with one attached hydrogen (secondary N) is 1. The lowest BCUT2D eigenvalue weighted by atomic mass is 9.91. The first-order valence-corrected chi connectivity index (χ1v) is 9.06. The van der Waals surface area contributed by atoms with Gasteiger partial charge in [0.25, 0.3) is 0 Å². The molecule has 2 N–H and O–H groups in total. The minimum absolute atomic E-state index is 0.0359. The van der Waals surface area contributed by atoms with E-state index in [0.29, 0.717) is 6.42 Å². The number of benzene rings is 1. The molecular weight excluding hydrogens is 361 g/mol. The van der Waals surface area contributed by atoms with E-state index in [-0.39, 0.29) is 32.2 Å². The second-order valence-electron chi connectivity index (χ2n) is 7.07. The fraction of sp³-hybridized carbons (Fsp3) is 0.579. The Morgan fingerprint density at radius 1 is 1.30 bits per heavy atom. The molecule has 0 radical (unpaired) electrons. The molecule has 0 spiro atoms. The first-order chi connectivity index (χ1) is 12.7. The number of hydrogen-bond donors (Lipinski definition) is 2. The Hall–Kier alpha value is -2.25. The van der Waals surface area contributed by atoms with Crippen LogP contribution in [0.15, 0.2) is 30.3 Å². The fourth-order valence-corrected chi connectivity index (χ4v) is 3.45. The maximum atomic E-state index is 12.9. The van der Waals surface area contributed by atoms with E-state index in [2.05, 4.69) is 5.32 Å². The van der Waals surface area contributed by atoms with Gasteiger partial charge in [0, 0.05) is 25.0 Å². The summed E-state index contributed by atoms with van der Waals surface area (Å²) in [7, 11) is 0. The second kappa shape index (κ2) is 9.10. The number of hydrogen-bond acceptors (Lipinski definition) is 2. The van der Waals surface area contributed by atoms with Gasteiger partial charge in [-0.2, -0.15) is 13.2 Å². The van der Waals surface area contributed by atoms with Gasteiger partial charge in [-0.1, -0.05) is 30.3 Å². The average molecular weight is 386 g/mol. The zero-order valence-electron chi connectivity index (χ0n) is 15.2. The summed E-state index contributed by atoms with van der Waals surface area (Å²) in [6.45, 7) is 1.65. The number of carboxylic acid groups (broad SMARTS) is 1. The molecule has 1 aliphatic rings. The van der Waals surface area contributed by atoms with Crippen LogP contribution in [0, 0.1) is 5.92 Å². The van der Waals surface area contributed by atoms with Crippen molar-refractivity contribution in [3.63, 3.8) is 0 Å². The monoisotopic (exact) mass is 386 g/mol. The highest BCUT2D eigenvalue weighted by molar-refractivity contribution is 5.75. The molecule has 8 heteroatoms. The lowest BCUT2D eigenvalue weighted by Crippen LogP contribution is -2.53. The molecule has 1 saturated heterocycles. The molecule has 1 aliphatic heterocycles. The summed E-state index contributed by atoms with van der Waals surface area (Å²) >= 11 is 0. The first kappa shape index (κ1) is 21.1. The van der Waals surface area contributed by atoms with Gasteiger partial charge in [-0.25, -0.2) is 4.79 Å². The molecule has 0 aliphatic carbocycles. The summed E-state index contributed by atoms with van der Waals surface area (Å²) in [6, 6.07) is 7.99. The topological polar surface area (TPSA) is 69.6 Å². The van der Waals surface area contributed by atoms with E-state index < -0.39 is 36.2 Å². The van der Waals surface area contributed by atoms with Crippen LogP contribution in [0.25, 0.3) is 0 Å². The molecule has 150 valence electrons. The fourth-order valence-electron chi connectivity index (χ4n) is 3.45. The van der Waals surface area contributed by atoms with Gasteiger partial charge in [0.1, 0.15) is 0 Å². The number of aliphatic carboxylic acids is 1. The highest BCUT2D eigenvalue weighted by atomic mass is 19.4. The van der Waals surface area contributed by atoms with Gasteiger partial charge in [0.05, 0.1) is 5.92 Å². The Labute approximate surface area is 156 Å². The van der Waals surface area contributed by atoms with E-state index in [1.165, 1.54) is 4.90 Å². The molecule has 3 atom stereocenters. The molecule has 1 aromatic rings. The predicted octanol–water partition coefficient (Wildman–Crippen LogP) is 3.83. The second-order valence-corrected chi connectivity index (χ2v) is 7.07. The van der Waals surface area contributed by atoms with Crippen molar-refractivity contribution in [1.29, 1.82) is 0 Å². The van der Waals surface area contributed by atoms with Crippen molar-refractivity contribution in [3.8, 4) is 0 Å². The van der Waals surface area contributed by atoms with Crippen LogP contribution >= 0.6 is 0 Å². The molecule has 1 fully saturated rings. The van der Waals surface area contributed by atoms with Gasteiger partial charge in [0.2, 0.25) is 0 Å². The molecule has 2 amide bonds. The molecule has 0 bridgehead atoms. The largest absolute Gasteiger partial charge is 0.481 e. The van der Waals surface area contributed by atoms with E-state index in [0.717, 1.165) is 5.56 Å². The standard InChI is InChI=1S/C19H25F3N2O3/c1-13-11-15(19(20,21)22)9-10-24(13)18(27)23-16(7-8-17(25)26)12-14-5-3-2-4-6-14/h2-6,13,15-16H,7-12H2,1H3,(H,23,27)(H,25,26). The normalized spacial score (nSPS) is 21.6. The number of urea groups is 1. The molecule has 2 rings (SSSR count). The first-order valence-electron chi connectivity index (χ1n) is 9.06. The van der Waals surface area contributed by atoms with Crippen molar-refractivity contribution >= 4 is 12.0 Å². The summed E-state index contributed by atoms with van der Waals surface area (Å²) in [6.07, 6.45) is -3.84. The molecule has 5 nitrogen and oxygen atoms in total. The van der Waals surface area contributed by atoms with Gasteiger partial charge in [-0.15, -0.1) is 0 Å². The summed E-state index contributed by atoms with van der Waals surface area (Å²) in [4.78, 5) is 24.9. The van der Waals surface area contributed by atoms with Crippen LogP contribution in [0.3, 0.4) is 0 Å². The maximum absolute atomic E-state index is 12.9. The quantitative estimate of drug-likeness (QED) is 0.781. The minimum atomic E-state index is -4.24. The molecule has 0 aromatic heterocycles. The maximum Gasteiger partial charge on any atom is 0.391 e. The van der Waals surface area contributed by atoms with Crippen molar-refractivity contribution in [2.24, 2.45) is 5.92 Å². The van der Waals surface area contributed by atoms with E-state index in [1.807, 2.05) is 30.3 Å². The summed E-state index contributed by atoms with van der Waals surface area (Å²) in [5, 5.41) is 11.7. The molecule has 1 heterocycles. The third-order valence-electron chi connectivity index (χ3n) is 4.96. The van der Waals surface area contributed by atoms with Crippen LogP contribution in [-0.4, -0.2) is 46.8 Å². The highest BCUT2D eigenvalue weighted by Crippen LogP contribution is 2.36. The Kier molecular flexibility index (Phi) is 7.10. The number of halogens is 3. The summed E-state index contributed by atoms with van der Waals surface area (Å²) in [5.41, 5.74) is 0.956. The number of piperidine rings is 1. The lowest BCUT2D eigenvalue weighted by molar-refractivity contribution is -0.187. The van der Waals surface area contributed by atoms with Gasteiger partial charge in [-0.3, -0.25) is 4.79 Å². The minimum Gasteiger partial charge on any atom is -0.481 e. The molecule has 1 aromatic carbocycles. The van der Waals surface area contributed by atoms with Gasteiger partial charge < -0.3 is 15.3 Å². The SMILES string of the molecule is CC1CC(C(F)(F)F)CCN1C(=O)NC(CCC(=O)O)Cc1ccccc1. The highest BCUT2D eigenvalue weighted by Gasteiger charge is 2.44. The number of nitrogens with zero attached hydrogens (tertiary/aromatic N) is 1. The Morgan fingerprint density at radius 3 is 2.52 bits per heavy atom. The Balaban J connectivity index is 1.99. The molecule has 3 unspecified atom stereocenters. The lowest BCUT2D eigenvalue weighted by Gasteiger charge is -2.39. The van der Waals surface area contributed by atoms with Crippen LogP contribution in [0.1, 0.15) is 38.2 Å². The van der Waals surface area contributed by atoms with Crippen molar-refractivity contribution < 1.29 is 27.9 Å². The van der Waals surface area contributed by atoms with Crippen LogP contribution in [0.5, 0.6) is 0 Å². The number of amides is 2. The van der Waals surface area contributed by atoms with Crippen LogP contribution < -0.4 is 5.32 Å². The van der Waals surface area contributed by atoms with E-state index in [1.54, 1.807) is 6.92 Å². The Morgan fingerprint density at radius 2 is 1.96 bits per heavy atom. The van der Waals surface area contributed by atoms with Crippen LogP contribution in [0.4, 0.5) is 18.0 Å². The molecular formula is C19H25F3N2O3.